The summed E-state index contributed by atoms with van der Waals surface area (Å²) in [6, 6.07) is 0. The third-order valence-corrected chi connectivity index (χ3v) is 4.04. The number of amides is 1. The predicted molar refractivity (Wildman–Crippen MR) is 81.0 cm³/mol. The van der Waals surface area contributed by atoms with Crippen LogP contribution in [0.5, 0.6) is 0 Å². The van der Waals surface area contributed by atoms with Crippen LogP contribution in [0.1, 0.15) is 58.8 Å². The summed E-state index contributed by atoms with van der Waals surface area (Å²) in [7, 11) is 0. The van der Waals surface area contributed by atoms with Gasteiger partial charge in [-0.2, -0.15) is 0 Å². The van der Waals surface area contributed by atoms with Crippen LogP contribution in [0.3, 0.4) is 0 Å². The lowest BCUT2D eigenvalue weighted by Crippen LogP contribution is -2.38. The lowest BCUT2D eigenvalue weighted by Gasteiger charge is -2.20. The molecule has 1 aliphatic rings. The van der Waals surface area contributed by atoms with Gasteiger partial charge >= 0.3 is 5.97 Å². The summed E-state index contributed by atoms with van der Waals surface area (Å²) in [6.07, 6.45) is 1.15. The number of aromatic amines is 1. The van der Waals surface area contributed by atoms with E-state index in [1.807, 2.05) is 0 Å². The Morgan fingerprint density at radius 2 is 1.77 bits per heavy atom. The minimum Gasteiger partial charge on any atom is -0.448 e. The smallest absolute Gasteiger partial charge is 0.355 e. The van der Waals surface area contributed by atoms with E-state index < -0.39 is 12.1 Å². The number of ketones is 1. The average molecular weight is 306 g/mol. The molecule has 0 unspecified atom stereocenters. The van der Waals surface area contributed by atoms with E-state index in [4.69, 9.17) is 4.74 Å². The molecular weight excluding hydrogens is 284 g/mol. The summed E-state index contributed by atoms with van der Waals surface area (Å²) in [5, 5.41) is 0. The molecule has 120 valence electrons. The fraction of sp³-hybridized carbons (Fsp3) is 0.562. The molecule has 2 heterocycles. The molecule has 1 atom stereocenters. The second-order valence-corrected chi connectivity index (χ2v) is 5.76. The molecule has 1 aromatic heterocycles. The van der Waals surface area contributed by atoms with Crippen LogP contribution < -0.4 is 0 Å². The predicted octanol–water partition coefficient (Wildman–Crippen LogP) is 2.00. The van der Waals surface area contributed by atoms with Gasteiger partial charge in [-0.1, -0.05) is 0 Å². The van der Waals surface area contributed by atoms with Crippen LogP contribution in [0, 0.1) is 13.8 Å². The van der Waals surface area contributed by atoms with Gasteiger partial charge in [-0.3, -0.25) is 9.59 Å². The van der Waals surface area contributed by atoms with E-state index in [0.717, 1.165) is 25.9 Å². The van der Waals surface area contributed by atoms with Crippen molar-refractivity contribution in [2.45, 2.75) is 46.6 Å². The molecule has 0 aliphatic carbocycles. The largest absolute Gasteiger partial charge is 0.448 e. The van der Waals surface area contributed by atoms with Gasteiger partial charge in [0.15, 0.2) is 11.9 Å². The maximum atomic E-state index is 12.2. The van der Waals surface area contributed by atoms with Crippen molar-refractivity contribution in [1.82, 2.24) is 9.88 Å². The lowest BCUT2D eigenvalue weighted by molar-refractivity contribution is -0.138. The Labute approximate surface area is 129 Å². The fourth-order valence-electron chi connectivity index (χ4n) is 2.95. The highest BCUT2D eigenvalue weighted by Gasteiger charge is 2.28. The van der Waals surface area contributed by atoms with Crippen LogP contribution in [-0.4, -0.2) is 46.7 Å². The minimum atomic E-state index is -0.825. The van der Waals surface area contributed by atoms with Gasteiger partial charge in [0.25, 0.3) is 5.91 Å². The zero-order valence-corrected chi connectivity index (χ0v) is 13.5. The van der Waals surface area contributed by atoms with Gasteiger partial charge in [0.1, 0.15) is 5.69 Å². The molecule has 1 N–H and O–H groups in total. The van der Waals surface area contributed by atoms with Gasteiger partial charge in [-0.25, -0.2) is 4.79 Å². The van der Waals surface area contributed by atoms with Crippen LogP contribution in [0.4, 0.5) is 0 Å². The first kappa shape index (κ1) is 16.3. The Morgan fingerprint density at radius 1 is 1.18 bits per heavy atom. The molecule has 0 aromatic carbocycles. The summed E-state index contributed by atoms with van der Waals surface area (Å²) in [5.41, 5.74) is 1.94. The van der Waals surface area contributed by atoms with Crippen molar-refractivity contribution < 1.29 is 19.1 Å². The van der Waals surface area contributed by atoms with E-state index >= 15 is 0 Å². The number of hydrogen-bond acceptors (Lipinski definition) is 4. The molecule has 6 nitrogen and oxygen atoms in total. The maximum Gasteiger partial charge on any atom is 0.355 e. The highest BCUT2D eigenvalue weighted by Crippen LogP contribution is 2.20. The zero-order valence-electron chi connectivity index (χ0n) is 13.5. The van der Waals surface area contributed by atoms with Crippen LogP contribution in [-0.2, 0) is 9.53 Å². The topological polar surface area (TPSA) is 79.5 Å². The van der Waals surface area contributed by atoms with E-state index in [0.29, 0.717) is 16.8 Å². The molecule has 1 amide bonds. The second-order valence-electron chi connectivity index (χ2n) is 5.76. The van der Waals surface area contributed by atoms with Gasteiger partial charge in [0, 0.05) is 24.3 Å². The first-order valence-electron chi connectivity index (χ1n) is 7.52. The molecule has 6 heteroatoms. The quantitative estimate of drug-likeness (QED) is 0.681. The van der Waals surface area contributed by atoms with Crippen LogP contribution in [0.25, 0.3) is 0 Å². The van der Waals surface area contributed by atoms with Crippen molar-refractivity contribution >= 4 is 17.7 Å². The molecule has 0 bridgehead atoms. The molecule has 0 saturated carbocycles. The summed E-state index contributed by atoms with van der Waals surface area (Å²) in [5.74, 6) is -0.877. The fourth-order valence-corrected chi connectivity index (χ4v) is 2.95. The number of nitrogens with one attached hydrogen (secondary N) is 1. The van der Waals surface area contributed by atoms with Crippen molar-refractivity contribution in [1.29, 1.82) is 0 Å². The third-order valence-electron chi connectivity index (χ3n) is 4.04. The monoisotopic (exact) mass is 306 g/mol. The highest BCUT2D eigenvalue weighted by atomic mass is 16.5. The van der Waals surface area contributed by atoms with Gasteiger partial charge in [-0.05, 0) is 46.1 Å². The normalized spacial score (nSPS) is 15.7. The molecule has 22 heavy (non-hydrogen) atoms. The Balaban J connectivity index is 2.10. The summed E-state index contributed by atoms with van der Waals surface area (Å²) in [4.78, 5) is 40.6. The Hall–Kier alpha value is -2.11. The first-order valence-corrected chi connectivity index (χ1v) is 7.52. The number of esters is 1. The molecule has 0 radical (unpaired) electrons. The number of aromatic nitrogens is 1. The van der Waals surface area contributed by atoms with Crippen molar-refractivity contribution in [2.75, 3.05) is 13.1 Å². The van der Waals surface area contributed by atoms with Crippen molar-refractivity contribution in [3.05, 3.63) is 22.5 Å². The summed E-state index contributed by atoms with van der Waals surface area (Å²) < 4.78 is 5.27. The molecular formula is C16H22N2O4. The third kappa shape index (κ3) is 3.05. The van der Waals surface area contributed by atoms with Crippen LogP contribution in [0.2, 0.25) is 0 Å². The van der Waals surface area contributed by atoms with Gasteiger partial charge in [0.2, 0.25) is 0 Å². The number of rotatable bonds is 4. The van der Waals surface area contributed by atoms with Crippen LogP contribution in [0.15, 0.2) is 0 Å². The van der Waals surface area contributed by atoms with Crippen LogP contribution >= 0.6 is 0 Å². The number of ether oxygens (including phenoxy) is 1. The van der Waals surface area contributed by atoms with Gasteiger partial charge < -0.3 is 14.6 Å². The standard InChI is InChI=1S/C16H22N2O4/c1-9-13(11(3)19)10(2)17-14(9)16(21)22-12(4)15(20)18-7-5-6-8-18/h12,17H,5-8H2,1-4H3/t12-/m0/s1. The Bertz CT molecular complexity index is 612. The van der Waals surface area contributed by atoms with E-state index in [9.17, 15) is 14.4 Å². The number of carbonyl (C=O) groups excluding carboxylic acids is 3. The van der Waals surface area contributed by atoms with E-state index in [-0.39, 0.29) is 17.4 Å². The minimum absolute atomic E-state index is 0.105. The molecule has 2 rings (SSSR count). The summed E-state index contributed by atoms with van der Waals surface area (Å²) >= 11 is 0. The molecule has 0 spiro atoms. The maximum absolute atomic E-state index is 12.2. The number of aryl methyl sites for hydroxylation is 1. The van der Waals surface area contributed by atoms with Crippen molar-refractivity contribution in [3.63, 3.8) is 0 Å². The first-order chi connectivity index (χ1) is 10.3. The molecule has 1 fully saturated rings. The van der Waals surface area contributed by atoms with Gasteiger partial charge in [-0.15, -0.1) is 0 Å². The number of Topliss-reactive ketones (excluding diaryl/α,β-unsaturated/α-hetero) is 1. The van der Waals surface area contributed by atoms with Crippen molar-refractivity contribution in [2.24, 2.45) is 0 Å². The van der Waals surface area contributed by atoms with E-state index in [1.165, 1.54) is 6.92 Å². The average Bonchev–Trinajstić information content (AvgIpc) is 3.05. The zero-order chi connectivity index (χ0) is 16.4. The highest BCUT2D eigenvalue weighted by molar-refractivity contribution is 6.01. The number of nitrogens with zero attached hydrogens (tertiary/aromatic N) is 1. The van der Waals surface area contributed by atoms with E-state index in [1.54, 1.807) is 25.7 Å². The lowest BCUT2D eigenvalue weighted by atomic mass is 10.1. The SMILES string of the molecule is CC(=O)c1c(C)[nH]c(C(=O)O[C@@H](C)C(=O)N2CCCC2)c1C. The number of carbonyl (C=O) groups is 3. The summed E-state index contributed by atoms with van der Waals surface area (Å²) in [6.45, 7) is 7.90. The number of hydrogen-bond donors (Lipinski definition) is 1. The molecule has 1 aromatic rings. The Kier molecular flexibility index (Phi) is 4.68. The number of H-pyrrole nitrogens is 1. The van der Waals surface area contributed by atoms with E-state index in [2.05, 4.69) is 4.98 Å². The van der Waals surface area contributed by atoms with Crippen molar-refractivity contribution in [3.8, 4) is 0 Å². The number of likely N-dealkylation sites (tertiary alicyclic amines) is 1. The van der Waals surface area contributed by atoms with Gasteiger partial charge in [0.05, 0.1) is 0 Å². The second kappa shape index (κ2) is 6.34. The molecule has 1 saturated heterocycles. The Morgan fingerprint density at radius 3 is 2.27 bits per heavy atom. The molecule has 1 aliphatic heterocycles.